The molecule has 1 aliphatic rings. The van der Waals surface area contributed by atoms with Gasteiger partial charge in [0.2, 0.25) is 0 Å². The Morgan fingerprint density at radius 2 is 1.67 bits per heavy atom. The molecule has 8 heteroatoms. The largest absolute Gasteiger partial charge is 0.476 e. The molecule has 0 saturated carbocycles. The Morgan fingerprint density at radius 1 is 1.04 bits per heavy atom. The van der Waals surface area contributed by atoms with Gasteiger partial charge >= 0.3 is 5.97 Å². The number of carboxylic acids is 1. The Labute approximate surface area is 138 Å². The number of carbonyl (C=O) groups excluding carboxylic acids is 1. The third-order valence-corrected chi connectivity index (χ3v) is 3.62. The number of benzene rings is 1. The van der Waals surface area contributed by atoms with Crippen molar-refractivity contribution in [2.45, 2.75) is 0 Å². The fourth-order valence-corrected chi connectivity index (χ4v) is 2.43. The summed E-state index contributed by atoms with van der Waals surface area (Å²) in [6.45, 7) is 3.05. The van der Waals surface area contributed by atoms with Crippen molar-refractivity contribution in [1.82, 2.24) is 9.97 Å². The summed E-state index contributed by atoms with van der Waals surface area (Å²) < 4.78 is 5.32. The number of hydrogen-bond acceptors (Lipinski definition) is 6. The van der Waals surface area contributed by atoms with Gasteiger partial charge in [-0.2, -0.15) is 0 Å². The van der Waals surface area contributed by atoms with Gasteiger partial charge in [0.15, 0.2) is 11.4 Å². The second kappa shape index (κ2) is 7.05. The van der Waals surface area contributed by atoms with Crippen LogP contribution in [0.4, 0.5) is 11.4 Å². The topological polar surface area (TPSA) is 105 Å². The maximum Gasteiger partial charge on any atom is 0.356 e. The minimum Gasteiger partial charge on any atom is -0.476 e. The van der Waals surface area contributed by atoms with E-state index in [0.717, 1.165) is 18.8 Å². The Bertz CT molecular complexity index is 742. The fourth-order valence-electron chi connectivity index (χ4n) is 2.43. The molecule has 1 aliphatic heterocycles. The van der Waals surface area contributed by atoms with Crippen LogP contribution in [-0.2, 0) is 4.74 Å². The van der Waals surface area contributed by atoms with Gasteiger partial charge in [0.25, 0.3) is 5.91 Å². The van der Waals surface area contributed by atoms with E-state index >= 15 is 0 Å². The molecule has 0 unspecified atom stereocenters. The van der Waals surface area contributed by atoms with Gasteiger partial charge in [0.05, 0.1) is 13.2 Å². The molecular formula is C16H16N4O4. The lowest BCUT2D eigenvalue weighted by molar-refractivity contribution is 0.0685. The number of morpholine rings is 1. The summed E-state index contributed by atoms with van der Waals surface area (Å²) in [6.07, 6.45) is 2.51. The highest BCUT2D eigenvalue weighted by atomic mass is 16.5. The number of ether oxygens (including phenoxy) is 1. The van der Waals surface area contributed by atoms with E-state index in [0.29, 0.717) is 18.9 Å². The Balaban J connectivity index is 1.72. The monoisotopic (exact) mass is 328 g/mol. The minimum absolute atomic E-state index is 0.220. The average Bonchev–Trinajstić information content (AvgIpc) is 2.63. The van der Waals surface area contributed by atoms with Gasteiger partial charge in [0.1, 0.15) is 0 Å². The first-order chi connectivity index (χ1) is 11.6. The molecule has 2 heterocycles. The Hall–Kier alpha value is -3.00. The van der Waals surface area contributed by atoms with E-state index in [1.807, 2.05) is 12.1 Å². The maximum absolute atomic E-state index is 12.2. The number of hydrogen-bond donors (Lipinski definition) is 2. The van der Waals surface area contributed by atoms with Crippen LogP contribution in [0.5, 0.6) is 0 Å². The molecule has 1 saturated heterocycles. The first-order valence-corrected chi connectivity index (χ1v) is 7.43. The first kappa shape index (κ1) is 15.9. The predicted octanol–water partition coefficient (Wildman–Crippen LogP) is 1.26. The van der Waals surface area contributed by atoms with E-state index in [4.69, 9.17) is 9.84 Å². The van der Waals surface area contributed by atoms with Gasteiger partial charge in [-0.15, -0.1) is 0 Å². The molecular weight excluding hydrogens is 312 g/mol. The van der Waals surface area contributed by atoms with Crippen LogP contribution >= 0.6 is 0 Å². The van der Waals surface area contributed by atoms with Crippen molar-refractivity contribution in [1.29, 1.82) is 0 Å². The van der Waals surface area contributed by atoms with Crippen molar-refractivity contribution in [3.63, 3.8) is 0 Å². The number of nitrogens with zero attached hydrogens (tertiary/aromatic N) is 3. The van der Waals surface area contributed by atoms with Crippen molar-refractivity contribution in [3.05, 3.63) is 48.0 Å². The lowest BCUT2D eigenvalue weighted by atomic mass is 10.2. The van der Waals surface area contributed by atoms with E-state index in [9.17, 15) is 9.59 Å². The lowest BCUT2D eigenvalue weighted by Crippen LogP contribution is -2.36. The van der Waals surface area contributed by atoms with Crippen LogP contribution in [0.1, 0.15) is 21.0 Å². The number of rotatable bonds is 4. The van der Waals surface area contributed by atoms with Crippen LogP contribution in [0.15, 0.2) is 36.7 Å². The highest BCUT2D eigenvalue weighted by Gasteiger charge is 2.19. The standard InChI is InChI=1S/C16H16N4O4/c21-15(13-14(16(22)23)18-6-5-17-13)19-11-1-3-12(4-2-11)20-7-9-24-10-8-20/h1-6H,7-10H2,(H,19,21)(H,22,23). The minimum atomic E-state index is -1.30. The number of aromatic carboxylic acids is 1. The SMILES string of the molecule is O=C(O)c1nccnc1C(=O)Nc1ccc(N2CCOCC2)cc1. The number of carboxylic acid groups (broad SMARTS) is 1. The molecule has 0 atom stereocenters. The van der Waals surface area contributed by atoms with Crippen LogP contribution in [0.3, 0.4) is 0 Å². The number of nitrogens with one attached hydrogen (secondary N) is 1. The van der Waals surface area contributed by atoms with Crippen LogP contribution in [-0.4, -0.2) is 53.3 Å². The summed E-state index contributed by atoms with van der Waals surface area (Å²) in [5.74, 6) is -1.91. The third kappa shape index (κ3) is 3.49. The smallest absolute Gasteiger partial charge is 0.356 e. The molecule has 0 bridgehead atoms. The van der Waals surface area contributed by atoms with Gasteiger partial charge in [0, 0.05) is 36.9 Å². The third-order valence-electron chi connectivity index (χ3n) is 3.62. The highest BCUT2D eigenvalue weighted by molar-refractivity contribution is 6.08. The summed E-state index contributed by atoms with van der Waals surface area (Å²) in [4.78, 5) is 33.0. The zero-order valence-electron chi connectivity index (χ0n) is 12.8. The van der Waals surface area contributed by atoms with E-state index < -0.39 is 11.9 Å². The second-order valence-corrected chi connectivity index (χ2v) is 5.16. The number of aromatic nitrogens is 2. The van der Waals surface area contributed by atoms with Crippen molar-refractivity contribution in [2.24, 2.45) is 0 Å². The van der Waals surface area contributed by atoms with Crippen molar-refractivity contribution >= 4 is 23.3 Å². The lowest BCUT2D eigenvalue weighted by Gasteiger charge is -2.28. The van der Waals surface area contributed by atoms with E-state index in [-0.39, 0.29) is 11.4 Å². The highest BCUT2D eigenvalue weighted by Crippen LogP contribution is 2.19. The molecule has 1 aromatic carbocycles. The quantitative estimate of drug-likeness (QED) is 0.870. The van der Waals surface area contributed by atoms with Crippen molar-refractivity contribution in [2.75, 3.05) is 36.5 Å². The molecule has 0 radical (unpaired) electrons. The molecule has 2 N–H and O–H groups in total. The molecule has 124 valence electrons. The molecule has 1 aromatic heterocycles. The van der Waals surface area contributed by atoms with Crippen molar-refractivity contribution < 1.29 is 19.4 Å². The van der Waals surface area contributed by atoms with Gasteiger partial charge in [-0.25, -0.2) is 14.8 Å². The average molecular weight is 328 g/mol. The summed E-state index contributed by atoms with van der Waals surface area (Å²) in [5.41, 5.74) is 1.00. The van der Waals surface area contributed by atoms with Gasteiger partial charge < -0.3 is 20.1 Å². The van der Waals surface area contributed by atoms with Crippen LogP contribution < -0.4 is 10.2 Å². The van der Waals surface area contributed by atoms with Gasteiger partial charge in [-0.3, -0.25) is 4.79 Å². The number of amides is 1. The van der Waals surface area contributed by atoms with E-state index in [1.165, 1.54) is 12.4 Å². The Kier molecular flexibility index (Phi) is 4.66. The van der Waals surface area contributed by atoms with E-state index in [2.05, 4.69) is 20.2 Å². The summed E-state index contributed by atoms with van der Waals surface area (Å²) in [6, 6.07) is 7.32. The summed E-state index contributed by atoms with van der Waals surface area (Å²) in [5, 5.41) is 11.7. The molecule has 1 fully saturated rings. The molecule has 0 spiro atoms. The van der Waals surface area contributed by atoms with Crippen LogP contribution in [0.2, 0.25) is 0 Å². The second-order valence-electron chi connectivity index (χ2n) is 5.16. The Morgan fingerprint density at radius 3 is 2.29 bits per heavy atom. The maximum atomic E-state index is 12.2. The normalized spacial score (nSPS) is 14.2. The molecule has 3 rings (SSSR count). The fraction of sp³-hybridized carbons (Fsp3) is 0.250. The molecule has 24 heavy (non-hydrogen) atoms. The summed E-state index contributed by atoms with van der Waals surface area (Å²) in [7, 11) is 0. The number of carbonyl (C=O) groups is 2. The number of anilines is 2. The summed E-state index contributed by atoms with van der Waals surface area (Å²) >= 11 is 0. The van der Waals surface area contributed by atoms with Crippen LogP contribution in [0.25, 0.3) is 0 Å². The van der Waals surface area contributed by atoms with E-state index in [1.54, 1.807) is 12.1 Å². The van der Waals surface area contributed by atoms with Crippen molar-refractivity contribution in [3.8, 4) is 0 Å². The zero-order chi connectivity index (χ0) is 16.9. The van der Waals surface area contributed by atoms with Gasteiger partial charge in [-0.05, 0) is 24.3 Å². The first-order valence-electron chi connectivity index (χ1n) is 7.43. The van der Waals surface area contributed by atoms with Crippen LogP contribution in [0, 0.1) is 0 Å². The zero-order valence-corrected chi connectivity index (χ0v) is 12.8. The molecule has 1 amide bonds. The molecule has 2 aromatic rings. The molecule has 0 aliphatic carbocycles. The predicted molar refractivity (Wildman–Crippen MR) is 86.4 cm³/mol. The molecule has 8 nitrogen and oxygen atoms in total. The van der Waals surface area contributed by atoms with Gasteiger partial charge in [-0.1, -0.05) is 0 Å².